The first-order valence-electron chi connectivity index (χ1n) is 10.9. The number of aromatic nitrogens is 2. The van der Waals surface area contributed by atoms with Gasteiger partial charge >= 0.3 is 0 Å². The topological polar surface area (TPSA) is 93.1 Å². The number of nitrogens with one attached hydrogen (secondary N) is 2. The molecule has 3 aromatic rings. The maximum atomic E-state index is 14.8. The first-order chi connectivity index (χ1) is 16.4. The van der Waals surface area contributed by atoms with Crippen LogP contribution in [0.1, 0.15) is 36.8 Å². The summed E-state index contributed by atoms with van der Waals surface area (Å²) in [6, 6.07) is 6.57. The predicted molar refractivity (Wildman–Crippen MR) is 128 cm³/mol. The van der Waals surface area contributed by atoms with Crippen molar-refractivity contribution in [3.63, 3.8) is 0 Å². The maximum Gasteiger partial charge on any atom is 0.273 e. The van der Waals surface area contributed by atoms with Crippen LogP contribution in [0.3, 0.4) is 0 Å². The number of amides is 2. The number of nitrogens with zero attached hydrogens (tertiary/aromatic N) is 2. The monoisotopic (exact) mass is 508 g/mol. The number of carbonyl (C=O) groups is 2. The zero-order valence-electron chi connectivity index (χ0n) is 19.8. The highest BCUT2D eigenvalue weighted by Gasteiger charge is 2.34. The Hall–Kier alpha value is -3.21. The van der Waals surface area contributed by atoms with E-state index in [1.807, 2.05) is 0 Å². The predicted octanol–water partition coefficient (Wildman–Crippen LogP) is 3.14. The van der Waals surface area contributed by atoms with Gasteiger partial charge in [-0.25, -0.2) is 13.2 Å². The van der Waals surface area contributed by atoms with Gasteiger partial charge in [-0.3, -0.25) is 18.5 Å². The fourth-order valence-electron chi connectivity index (χ4n) is 3.55. The van der Waals surface area contributed by atoms with E-state index in [4.69, 9.17) is 0 Å². The van der Waals surface area contributed by atoms with Crippen LogP contribution in [0.25, 0.3) is 10.9 Å². The number of halogens is 3. The van der Waals surface area contributed by atoms with Crippen LogP contribution < -0.4 is 10.6 Å². The van der Waals surface area contributed by atoms with Gasteiger partial charge < -0.3 is 10.6 Å². The molecule has 1 aromatic heterocycles. The van der Waals surface area contributed by atoms with Crippen LogP contribution in [-0.4, -0.2) is 50.4 Å². The molecule has 0 fully saturated rings. The largest absolute Gasteiger partial charge is 0.353 e. The van der Waals surface area contributed by atoms with Crippen molar-refractivity contribution in [1.29, 1.82) is 0 Å². The highest BCUT2D eigenvalue weighted by atomic mass is 32.2. The summed E-state index contributed by atoms with van der Waals surface area (Å²) in [6.07, 6.45) is 1.52. The fourth-order valence-corrected chi connectivity index (χ4v) is 3.94. The Morgan fingerprint density at radius 2 is 1.74 bits per heavy atom. The molecule has 2 atom stereocenters. The van der Waals surface area contributed by atoms with Gasteiger partial charge in [0.15, 0.2) is 17.3 Å². The third-order valence-corrected chi connectivity index (χ3v) is 6.14. The van der Waals surface area contributed by atoms with Crippen molar-refractivity contribution in [1.82, 2.24) is 20.4 Å². The minimum absolute atomic E-state index is 0.0399. The second kappa shape index (κ2) is 10.6. The Kier molecular flexibility index (Phi) is 7.99. The van der Waals surface area contributed by atoms with Crippen LogP contribution in [0.5, 0.6) is 0 Å². The Morgan fingerprint density at radius 1 is 1.09 bits per heavy atom. The molecule has 2 aromatic carbocycles. The van der Waals surface area contributed by atoms with Gasteiger partial charge in [-0.15, -0.1) is 0 Å². The van der Waals surface area contributed by atoms with Crippen LogP contribution in [0.2, 0.25) is 0 Å². The molecule has 0 aliphatic heterocycles. The van der Waals surface area contributed by atoms with Crippen molar-refractivity contribution >= 4 is 33.5 Å². The molecule has 0 spiro atoms. The minimum atomic E-state index is -1.17. The second-order valence-electron chi connectivity index (χ2n) is 9.23. The first kappa shape index (κ1) is 26.4. The van der Waals surface area contributed by atoms with Crippen molar-refractivity contribution in [2.75, 3.05) is 18.6 Å². The number of fused-ring (bicyclic) bond motifs is 1. The zero-order chi connectivity index (χ0) is 25.9. The van der Waals surface area contributed by atoms with Crippen molar-refractivity contribution in [3.05, 3.63) is 65.1 Å². The summed E-state index contributed by atoms with van der Waals surface area (Å²) < 4.78 is 54.5. The molecule has 2 N–H and O–H groups in total. The average Bonchev–Trinajstić information content (AvgIpc) is 3.13. The summed E-state index contributed by atoms with van der Waals surface area (Å²) in [7, 11) is -1.09. The van der Waals surface area contributed by atoms with Crippen LogP contribution >= 0.6 is 0 Å². The van der Waals surface area contributed by atoms with Crippen LogP contribution in [0.15, 0.2) is 36.4 Å². The molecular formula is C24H27F3N4O3S. The zero-order valence-corrected chi connectivity index (χ0v) is 20.6. The number of hydrogen-bond donors (Lipinski definition) is 2. The Labute approximate surface area is 203 Å². The summed E-state index contributed by atoms with van der Waals surface area (Å²) in [5.74, 6) is -3.68. The standard InChI is InChI=1S/C24H27F3N4O3S/c1-24(2,3)21(23(33)28-11-12-35(4)34)29-22(32)19-16-9-10-17(26)18(27)20(16)31(30-19)13-14-5-7-15(25)8-6-14/h5-10,21H,11-13H2,1-4H3,(H,28,33)(H,29,32). The van der Waals surface area contributed by atoms with Gasteiger partial charge in [-0.2, -0.15) is 5.10 Å². The Bertz CT molecular complexity index is 1270. The maximum absolute atomic E-state index is 14.8. The van der Waals surface area contributed by atoms with Gasteiger partial charge in [0, 0.05) is 34.7 Å². The molecule has 0 saturated heterocycles. The van der Waals surface area contributed by atoms with Gasteiger partial charge in [0.05, 0.1) is 6.54 Å². The third kappa shape index (κ3) is 6.27. The second-order valence-corrected chi connectivity index (χ2v) is 10.8. The average molecular weight is 509 g/mol. The molecule has 2 amide bonds. The molecule has 0 radical (unpaired) electrons. The first-order valence-corrected chi connectivity index (χ1v) is 12.6. The summed E-state index contributed by atoms with van der Waals surface area (Å²) in [4.78, 5) is 26.0. The summed E-state index contributed by atoms with van der Waals surface area (Å²) >= 11 is 0. The summed E-state index contributed by atoms with van der Waals surface area (Å²) in [5.41, 5.74) is -0.541. The molecule has 0 saturated carbocycles. The summed E-state index contributed by atoms with van der Waals surface area (Å²) in [6.45, 7) is 5.41. The fraction of sp³-hybridized carbons (Fsp3) is 0.375. The molecule has 188 valence electrons. The van der Waals surface area contributed by atoms with Gasteiger partial charge in [0.1, 0.15) is 17.4 Å². The van der Waals surface area contributed by atoms with E-state index in [1.54, 1.807) is 20.8 Å². The van der Waals surface area contributed by atoms with Crippen LogP contribution in [0.4, 0.5) is 13.2 Å². The molecule has 3 rings (SSSR count). The van der Waals surface area contributed by atoms with Gasteiger partial charge in [-0.05, 0) is 35.2 Å². The van der Waals surface area contributed by atoms with E-state index < -0.39 is 51.5 Å². The van der Waals surface area contributed by atoms with Crippen LogP contribution in [-0.2, 0) is 22.1 Å². The van der Waals surface area contributed by atoms with Crippen molar-refractivity contribution in [2.24, 2.45) is 5.41 Å². The molecule has 0 aliphatic rings. The lowest BCUT2D eigenvalue weighted by molar-refractivity contribution is -0.125. The van der Waals surface area contributed by atoms with E-state index in [0.717, 1.165) is 10.7 Å². The quantitative estimate of drug-likeness (QED) is 0.489. The van der Waals surface area contributed by atoms with E-state index in [2.05, 4.69) is 15.7 Å². The Morgan fingerprint density at radius 3 is 2.34 bits per heavy atom. The number of carbonyl (C=O) groups excluding carboxylic acids is 2. The smallest absolute Gasteiger partial charge is 0.273 e. The lowest BCUT2D eigenvalue weighted by Gasteiger charge is -2.30. The van der Waals surface area contributed by atoms with E-state index in [-0.39, 0.29) is 35.4 Å². The van der Waals surface area contributed by atoms with Gasteiger partial charge in [0.2, 0.25) is 5.91 Å². The van der Waals surface area contributed by atoms with E-state index in [9.17, 15) is 27.0 Å². The highest BCUT2D eigenvalue weighted by Crippen LogP contribution is 2.26. The SMILES string of the molecule is CS(=O)CCNC(=O)C(NC(=O)c1nn(Cc2ccc(F)cc2)c2c(F)c(F)ccc12)C(C)(C)C. The number of rotatable bonds is 8. The van der Waals surface area contributed by atoms with Crippen molar-refractivity contribution in [2.45, 2.75) is 33.4 Å². The number of hydrogen-bond acceptors (Lipinski definition) is 4. The van der Waals surface area contributed by atoms with Crippen molar-refractivity contribution in [3.8, 4) is 0 Å². The minimum Gasteiger partial charge on any atom is -0.353 e. The Balaban J connectivity index is 1.95. The molecule has 7 nitrogen and oxygen atoms in total. The molecule has 2 unspecified atom stereocenters. The lowest BCUT2D eigenvalue weighted by Crippen LogP contribution is -2.54. The highest BCUT2D eigenvalue weighted by molar-refractivity contribution is 7.84. The van der Waals surface area contributed by atoms with E-state index in [1.165, 1.54) is 36.6 Å². The molecular weight excluding hydrogens is 481 g/mol. The molecule has 35 heavy (non-hydrogen) atoms. The number of benzene rings is 2. The molecule has 11 heteroatoms. The van der Waals surface area contributed by atoms with Crippen LogP contribution in [0, 0.1) is 22.9 Å². The lowest BCUT2D eigenvalue weighted by atomic mass is 9.86. The van der Waals surface area contributed by atoms with E-state index in [0.29, 0.717) is 5.56 Å². The van der Waals surface area contributed by atoms with Gasteiger partial charge in [-0.1, -0.05) is 32.9 Å². The normalized spacial score (nSPS) is 13.5. The van der Waals surface area contributed by atoms with E-state index >= 15 is 0 Å². The molecule has 1 heterocycles. The third-order valence-electron chi connectivity index (χ3n) is 5.36. The summed E-state index contributed by atoms with van der Waals surface area (Å²) in [5, 5.41) is 9.60. The van der Waals surface area contributed by atoms with Crippen molar-refractivity contribution < 1.29 is 27.0 Å². The van der Waals surface area contributed by atoms with Gasteiger partial charge in [0.25, 0.3) is 5.91 Å². The molecule has 0 aliphatic carbocycles. The molecule has 0 bridgehead atoms.